The summed E-state index contributed by atoms with van der Waals surface area (Å²) >= 11 is 0. The zero-order valence-corrected chi connectivity index (χ0v) is 18.7. The van der Waals surface area contributed by atoms with Gasteiger partial charge in [-0.25, -0.2) is 14.4 Å². The highest BCUT2D eigenvalue weighted by atomic mass is 19.1. The summed E-state index contributed by atoms with van der Waals surface area (Å²) in [5, 5.41) is 9.07. The lowest BCUT2D eigenvalue weighted by Crippen LogP contribution is -2.46. The van der Waals surface area contributed by atoms with Gasteiger partial charge in [0.05, 0.1) is 11.9 Å². The average molecular weight is 463 g/mol. The van der Waals surface area contributed by atoms with Gasteiger partial charge < -0.3 is 21.7 Å². The molecule has 1 aliphatic heterocycles. The molecular formula is C25H27FN6O2. The van der Waals surface area contributed by atoms with E-state index in [1.54, 1.807) is 36.4 Å². The van der Waals surface area contributed by atoms with Crippen LogP contribution in [-0.2, 0) is 6.42 Å². The number of nitrogens with one attached hydrogen (secondary N) is 3. The van der Waals surface area contributed by atoms with E-state index in [4.69, 9.17) is 5.73 Å². The molecule has 1 fully saturated rings. The average Bonchev–Trinajstić information content (AvgIpc) is 2.86. The third-order valence-corrected chi connectivity index (χ3v) is 5.68. The molecule has 2 aromatic carbocycles. The Morgan fingerprint density at radius 3 is 2.74 bits per heavy atom. The first-order chi connectivity index (χ1) is 16.5. The maximum Gasteiger partial charge on any atom is 0.274 e. The Morgan fingerprint density at radius 2 is 1.97 bits per heavy atom. The molecule has 0 radical (unpaired) electrons. The Kier molecular flexibility index (Phi) is 7.44. The molecule has 1 aliphatic rings. The molecular weight excluding hydrogens is 435 g/mol. The Morgan fingerprint density at radius 1 is 1.15 bits per heavy atom. The van der Waals surface area contributed by atoms with Crippen LogP contribution in [0, 0.1) is 5.82 Å². The van der Waals surface area contributed by atoms with Gasteiger partial charge >= 0.3 is 0 Å². The summed E-state index contributed by atoms with van der Waals surface area (Å²) in [7, 11) is 0. The smallest absolute Gasteiger partial charge is 0.274 e. The zero-order valence-electron chi connectivity index (χ0n) is 18.7. The normalized spacial score (nSPS) is 15.5. The predicted octanol–water partition coefficient (Wildman–Crippen LogP) is 2.32. The highest BCUT2D eigenvalue weighted by molar-refractivity contribution is 5.97. The molecule has 4 rings (SSSR count). The number of carbonyl (C=O) groups is 2. The first kappa shape index (κ1) is 23.3. The van der Waals surface area contributed by atoms with Gasteiger partial charge in [0.2, 0.25) is 0 Å². The first-order valence-electron chi connectivity index (χ1n) is 11.3. The number of hydrogen-bond acceptors (Lipinski definition) is 6. The fraction of sp³-hybridized carbons (Fsp3) is 0.280. The number of nitrogen functional groups attached to an aromatic ring is 1. The van der Waals surface area contributed by atoms with Crippen LogP contribution in [0.3, 0.4) is 0 Å². The molecule has 2 amide bonds. The van der Waals surface area contributed by atoms with Gasteiger partial charge in [0, 0.05) is 30.3 Å². The Bertz CT molecular complexity index is 1160. The van der Waals surface area contributed by atoms with Gasteiger partial charge in [0.15, 0.2) is 11.5 Å². The third kappa shape index (κ3) is 5.93. The van der Waals surface area contributed by atoms with Crippen LogP contribution in [0.1, 0.15) is 39.3 Å². The predicted molar refractivity (Wildman–Crippen MR) is 128 cm³/mol. The van der Waals surface area contributed by atoms with Gasteiger partial charge in [-0.2, -0.15) is 0 Å². The molecule has 34 heavy (non-hydrogen) atoms. The molecule has 2 heterocycles. The number of carbonyl (C=O) groups excluding carboxylic acids is 2. The summed E-state index contributed by atoms with van der Waals surface area (Å²) in [5.41, 5.74) is 8.47. The molecule has 8 nitrogen and oxygen atoms in total. The van der Waals surface area contributed by atoms with Crippen molar-refractivity contribution in [3.63, 3.8) is 0 Å². The topological polar surface area (TPSA) is 122 Å². The van der Waals surface area contributed by atoms with Gasteiger partial charge in [0.25, 0.3) is 11.8 Å². The van der Waals surface area contributed by atoms with Crippen LogP contribution < -0.4 is 21.7 Å². The van der Waals surface area contributed by atoms with Crippen LogP contribution >= 0.6 is 0 Å². The van der Waals surface area contributed by atoms with Crippen LogP contribution in [0.4, 0.5) is 10.2 Å². The number of halogens is 1. The molecule has 1 aromatic heterocycles. The minimum Gasteiger partial charge on any atom is -0.382 e. The maximum absolute atomic E-state index is 13.0. The van der Waals surface area contributed by atoms with Crippen molar-refractivity contribution in [2.75, 3.05) is 25.4 Å². The summed E-state index contributed by atoms with van der Waals surface area (Å²) in [5.74, 6) is -0.841. The van der Waals surface area contributed by atoms with E-state index in [1.165, 1.54) is 18.3 Å². The quantitative estimate of drug-likeness (QED) is 0.428. The van der Waals surface area contributed by atoms with Crippen LogP contribution in [-0.4, -0.2) is 47.5 Å². The van der Waals surface area contributed by atoms with Gasteiger partial charge in [-0.15, -0.1) is 0 Å². The molecule has 176 valence electrons. The van der Waals surface area contributed by atoms with Crippen LogP contribution in [0.25, 0.3) is 11.3 Å². The van der Waals surface area contributed by atoms with Crippen LogP contribution in [0.15, 0.2) is 54.7 Å². The number of nitrogens with zero attached hydrogens (tertiary/aromatic N) is 2. The molecule has 0 spiro atoms. The summed E-state index contributed by atoms with van der Waals surface area (Å²) in [4.78, 5) is 33.9. The number of aromatic nitrogens is 2. The van der Waals surface area contributed by atoms with Crippen molar-refractivity contribution in [1.29, 1.82) is 0 Å². The summed E-state index contributed by atoms with van der Waals surface area (Å²) in [6.07, 6.45) is 3.96. The van der Waals surface area contributed by atoms with Crippen molar-refractivity contribution in [3.8, 4) is 11.3 Å². The number of benzene rings is 2. The Balaban J connectivity index is 1.43. The molecule has 0 bridgehead atoms. The standard InChI is InChI=1S/C25H27FN6O2/c26-19-8-6-16(7-9-19)10-12-29-24(33)18-4-1-3-17(13-18)21-15-30-23(27)22(32-21)25(34)31-20-5-2-11-28-14-20/h1,3-4,6-9,13,15,20,28H,2,5,10-12,14H2,(H2,27,30)(H,29,33)(H,31,34)/t20-/m0/s1. The second kappa shape index (κ2) is 10.8. The Labute approximate surface area is 197 Å². The monoisotopic (exact) mass is 462 g/mol. The second-order valence-corrected chi connectivity index (χ2v) is 8.22. The lowest BCUT2D eigenvalue weighted by Gasteiger charge is -2.23. The molecule has 3 aromatic rings. The Hall–Kier alpha value is -3.85. The number of amides is 2. The molecule has 0 unspecified atom stereocenters. The van der Waals surface area contributed by atoms with Crippen molar-refractivity contribution in [2.45, 2.75) is 25.3 Å². The minimum absolute atomic E-state index is 0.0213. The molecule has 1 atom stereocenters. The molecule has 0 saturated carbocycles. The van der Waals surface area contributed by atoms with Gasteiger partial charge in [0.1, 0.15) is 5.82 Å². The molecule has 5 N–H and O–H groups in total. The fourth-order valence-corrected chi connectivity index (χ4v) is 3.83. The number of nitrogens with two attached hydrogens (primary N) is 1. The third-order valence-electron chi connectivity index (χ3n) is 5.68. The van der Waals surface area contributed by atoms with Gasteiger partial charge in [-0.1, -0.05) is 24.3 Å². The number of rotatable bonds is 7. The van der Waals surface area contributed by atoms with Crippen molar-refractivity contribution >= 4 is 17.6 Å². The summed E-state index contributed by atoms with van der Waals surface area (Å²) in [6.45, 7) is 2.06. The van der Waals surface area contributed by atoms with E-state index in [-0.39, 0.29) is 35.2 Å². The van der Waals surface area contributed by atoms with E-state index in [1.807, 2.05) is 0 Å². The summed E-state index contributed by atoms with van der Waals surface area (Å²) in [6, 6.07) is 13.1. The zero-order chi connectivity index (χ0) is 23.9. The van der Waals surface area contributed by atoms with E-state index < -0.39 is 0 Å². The number of hydrogen-bond donors (Lipinski definition) is 4. The van der Waals surface area contributed by atoms with E-state index in [0.29, 0.717) is 36.3 Å². The van der Waals surface area contributed by atoms with E-state index in [0.717, 1.165) is 24.9 Å². The highest BCUT2D eigenvalue weighted by Crippen LogP contribution is 2.20. The SMILES string of the molecule is Nc1ncc(-c2cccc(C(=O)NCCc3ccc(F)cc3)c2)nc1C(=O)N[C@H]1CCCNC1. The van der Waals surface area contributed by atoms with Crippen LogP contribution in [0.5, 0.6) is 0 Å². The highest BCUT2D eigenvalue weighted by Gasteiger charge is 2.20. The van der Waals surface area contributed by atoms with E-state index in [9.17, 15) is 14.0 Å². The molecule has 1 saturated heterocycles. The fourth-order valence-electron chi connectivity index (χ4n) is 3.83. The molecule has 0 aliphatic carbocycles. The minimum atomic E-state index is -0.366. The van der Waals surface area contributed by atoms with Crippen LogP contribution in [0.2, 0.25) is 0 Å². The first-order valence-corrected chi connectivity index (χ1v) is 11.3. The lowest BCUT2D eigenvalue weighted by molar-refractivity contribution is 0.0924. The maximum atomic E-state index is 13.0. The van der Waals surface area contributed by atoms with Gasteiger partial charge in [-0.3, -0.25) is 9.59 Å². The van der Waals surface area contributed by atoms with E-state index >= 15 is 0 Å². The van der Waals surface area contributed by atoms with Crippen molar-refractivity contribution in [1.82, 2.24) is 25.9 Å². The second-order valence-electron chi connectivity index (χ2n) is 8.22. The number of piperidine rings is 1. The van der Waals surface area contributed by atoms with Crippen molar-refractivity contribution in [2.24, 2.45) is 0 Å². The van der Waals surface area contributed by atoms with Crippen molar-refractivity contribution in [3.05, 3.63) is 77.4 Å². The molecule has 9 heteroatoms. The lowest BCUT2D eigenvalue weighted by atomic mass is 10.1. The largest absolute Gasteiger partial charge is 0.382 e. The number of anilines is 1. The summed E-state index contributed by atoms with van der Waals surface area (Å²) < 4.78 is 13.0. The van der Waals surface area contributed by atoms with Crippen molar-refractivity contribution < 1.29 is 14.0 Å². The van der Waals surface area contributed by atoms with E-state index in [2.05, 4.69) is 25.9 Å². The van der Waals surface area contributed by atoms with Gasteiger partial charge in [-0.05, 0) is 55.6 Å².